The normalized spacial score (nSPS) is 23.1. The summed E-state index contributed by atoms with van der Waals surface area (Å²) in [5.41, 5.74) is 1.57. The number of hydrogen-bond acceptors (Lipinski definition) is 3. The summed E-state index contributed by atoms with van der Waals surface area (Å²) in [6.45, 7) is 3.17. The van der Waals surface area contributed by atoms with Crippen LogP contribution in [0, 0.1) is 0 Å². The van der Waals surface area contributed by atoms with Crippen molar-refractivity contribution in [2.24, 2.45) is 0 Å². The quantitative estimate of drug-likeness (QED) is 0.844. The zero-order valence-corrected chi connectivity index (χ0v) is 12.4. The van der Waals surface area contributed by atoms with Crippen LogP contribution in [0.5, 0.6) is 0 Å². The highest BCUT2D eigenvalue weighted by Crippen LogP contribution is 2.22. The zero-order chi connectivity index (χ0) is 14.7. The highest BCUT2D eigenvalue weighted by molar-refractivity contribution is 5.87. The molecule has 1 saturated heterocycles. The Morgan fingerprint density at radius 1 is 1.19 bits per heavy atom. The van der Waals surface area contributed by atoms with Crippen molar-refractivity contribution < 1.29 is 9.90 Å². The molecule has 1 aliphatic heterocycles. The SMILES string of the molecule is O=C(O)c1ccc(CN2CCCCC2CNC2CC2)cc1. The lowest BCUT2D eigenvalue weighted by atomic mass is 10.0. The number of piperidine rings is 1. The van der Waals surface area contributed by atoms with Gasteiger partial charge in [-0.05, 0) is 49.9 Å². The summed E-state index contributed by atoms with van der Waals surface area (Å²) in [4.78, 5) is 13.4. The first-order valence-corrected chi connectivity index (χ1v) is 8.02. The third-order valence-electron chi connectivity index (χ3n) is 4.56. The number of hydrogen-bond donors (Lipinski definition) is 2. The van der Waals surface area contributed by atoms with E-state index in [-0.39, 0.29) is 0 Å². The Morgan fingerprint density at radius 2 is 1.95 bits per heavy atom. The predicted octanol–water partition coefficient (Wildman–Crippen LogP) is 2.49. The van der Waals surface area contributed by atoms with Crippen LogP contribution in [0.25, 0.3) is 0 Å². The van der Waals surface area contributed by atoms with E-state index in [9.17, 15) is 4.79 Å². The molecule has 0 radical (unpaired) electrons. The van der Waals surface area contributed by atoms with Crippen LogP contribution in [0.2, 0.25) is 0 Å². The number of rotatable bonds is 6. The summed E-state index contributed by atoms with van der Waals surface area (Å²) in [6, 6.07) is 8.70. The molecule has 2 aliphatic rings. The zero-order valence-electron chi connectivity index (χ0n) is 12.4. The van der Waals surface area contributed by atoms with Crippen molar-refractivity contribution in [1.29, 1.82) is 0 Å². The van der Waals surface area contributed by atoms with Crippen molar-refractivity contribution >= 4 is 5.97 Å². The second kappa shape index (κ2) is 6.58. The van der Waals surface area contributed by atoms with E-state index in [0.29, 0.717) is 11.6 Å². The van der Waals surface area contributed by atoms with Crippen LogP contribution in [0.4, 0.5) is 0 Å². The van der Waals surface area contributed by atoms with Gasteiger partial charge < -0.3 is 10.4 Å². The summed E-state index contributed by atoms with van der Waals surface area (Å²) in [5, 5.41) is 12.6. The van der Waals surface area contributed by atoms with E-state index in [4.69, 9.17) is 5.11 Å². The van der Waals surface area contributed by atoms with Crippen LogP contribution < -0.4 is 5.32 Å². The minimum atomic E-state index is -0.856. The summed E-state index contributed by atoms with van der Waals surface area (Å²) >= 11 is 0. The maximum atomic E-state index is 10.9. The fraction of sp³-hybridized carbons (Fsp3) is 0.588. The highest BCUT2D eigenvalue weighted by atomic mass is 16.4. The van der Waals surface area contributed by atoms with Gasteiger partial charge in [0.15, 0.2) is 0 Å². The Bertz CT molecular complexity index is 482. The summed E-state index contributed by atoms with van der Waals surface area (Å²) in [5.74, 6) is -0.856. The molecule has 0 amide bonds. The molecule has 1 aliphatic carbocycles. The molecule has 0 aromatic heterocycles. The Kier molecular flexibility index (Phi) is 4.56. The third kappa shape index (κ3) is 4.05. The number of carboxylic acids is 1. The average Bonchev–Trinajstić information content (AvgIpc) is 3.31. The Labute approximate surface area is 126 Å². The molecule has 3 rings (SSSR count). The fourth-order valence-electron chi connectivity index (χ4n) is 3.08. The first-order chi connectivity index (χ1) is 10.2. The number of likely N-dealkylation sites (tertiary alicyclic amines) is 1. The first-order valence-electron chi connectivity index (χ1n) is 8.02. The molecule has 1 aromatic carbocycles. The highest BCUT2D eigenvalue weighted by Gasteiger charge is 2.26. The molecule has 2 fully saturated rings. The van der Waals surface area contributed by atoms with E-state index in [1.54, 1.807) is 12.1 Å². The van der Waals surface area contributed by atoms with E-state index < -0.39 is 5.97 Å². The number of carboxylic acid groups (broad SMARTS) is 1. The van der Waals surface area contributed by atoms with Crippen LogP contribution >= 0.6 is 0 Å². The van der Waals surface area contributed by atoms with Crippen LogP contribution in [0.1, 0.15) is 48.0 Å². The molecule has 114 valence electrons. The van der Waals surface area contributed by atoms with E-state index in [1.807, 2.05) is 12.1 Å². The molecule has 4 nitrogen and oxygen atoms in total. The molecule has 1 aromatic rings. The lowest BCUT2D eigenvalue weighted by Crippen LogP contribution is -2.45. The van der Waals surface area contributed by atoms with Crippen LogP contribution in [-0.2, 0) is 6.54 Å². The molecule has 2 N–H and O–H groups in total. The molecule has 0 bridgehead atoms. The molecule has 4 heteroatoms. The summed E-state index contributed by atoms with van der Waals surface area (Å²) in [6.07, 6.45) is 6.54. The standard InChI is InChI=1S/C17H24N2O2/c20-17(21)14-6-4-13(5-7-14)12-19-10-2-1-3-16(19)11-18-15-8-9-15/h4-7,15-16,18H,1-3,8-12H2,(H,20,21). The minimum absolute atomic E-state index is 0.365. The average molecular weight is 288 g/mol. The molecule has 1 heterocycles. The van der Waals surface area contributed by atoms with Gasteiger partial charge in [-0.25, -0.2) is 4.79 Å². The lowest BCUT2D eigenvalue weighted by Gasteiger charge is -2.36. The Balaban J connectivity index is 1.58. The largest absolute Gasteiger partial charge is 0.478 e. The second-order valence-corrected chi connectivity index (χ2v) is 6.30. The molecular weight excluding hydrogens is 264 g/mol. The van der Waals surface area contributed by atoms with Crippen LogP contribution in [0.15, 0.2) is 24.3 Å². The number of aromatic carboxylic acids is 1. The van der Waals surface area contributed by atoms with Crippen molar-refractivity contribution in [2.75, 3.05) is 13.1 Å². The minimum Gasteiger partial charge on any atom is -0.478 e. The number of nitrogens with zero attached hydrogens (tertiary/aromatic N) is 1. The topological polar surface area (TPSA) is 52.6 Å². The van der Waals surface area contributed by atoms with Crippen molar-refractivity contribution in [3.8, 4) is 0 Å². The van der Waals surface area contributed by atoms with Gasteiger partial charge in [-0.15, -0.1) is 0 Å². The number of nitrogens with one attached hydrogen (secondary N) is 1. The van der Waals surface area contributed by atoms with Gasteiger partial charge in [0.1, 0.15) is 0 Å². The molecule has 0 spiro atoms. The van der Waals surface area contributed by atoms with Gasteiger partial charge in [-0.2, -0.15) is 0 Å². The molecule has 1 atom stereocenters. The van der Waals surface area contributed by atoms with E-state index in [0.717, 1.165) is 25.7 Å². The molecular formula is C17H24N2O2. The van der Waals surface area contributed by atoms with E-state index in [2.05, 4.69) is 10.2 Å². The van der Waals surface area contributed by atoms with Gasteiger partial charge in [-0.1, -0.05) is 18.6 Å². The number of benzene rings is 1. The van der Waals surface area contributed by atoms with Gasteiger partial charge in [0.2, 0.25) is 0 Å². The van der Waals surface area contributed by atoms with E-state index >= 15 is 0 Å². The summed E-state index contributed by atoms with van der Waals surface area (Å²) < 4.78 is 0. The van der Waals surface area contributed by atoms with Gasteiger partial charge in [0.05, 0.1) is 5.56 Å². The van der Waals surface area contributed by atoms with Gasteiger partial charge in [0.25, 0.3) is 0 Å². The van der Waals surface area contributed by atoms with Crippen LogP contribution in [-0.4, -0.2) is 41.1 Å². The Hall–Kier alpha value is -1.39. The summed E-state index contributed by atoms with van der Waals surface area (Å²) in [7, 11) is 0. The fourth-order valence-corrected chi connectivity index (χ4v) is 3.08. The maximum Gasteiger partial charge on any atom is 0.335 e. The number of carbonyl (C=O) groups is 1. The lowest BCUT2D eigenvalue weighted by molar-refractivity contribution is 0.0697. The van der Waals surface area contributed by atoms with Crippen molar-refractivity contribution in [3.05, 3.63) is 35.4 Å². The van der Waals surface area contributed by atoms with Crippen molar-refractivity contribution in [3.63, 3.8) is 0 Å². The van der Waals surface area contributed by atoms with Gasteiger partial charge >= 0.3 is 5.97 Å². The predicted molar refractivity (Wildman–Crippen MR) is 82.5 cm³/mol. The Morgan fingerprint density at radius 3 is 2.62 bits per heavy atom. The van der Waals surface area contributed by atoms with Gasteiger partial charge in [0, 0.05) is 25.2 Å². The first kappa shape index (κ1) is 14.5. The van der Waals surface area contributed by atoms with Gasteiger partial charge in [-0.3, -0.25) is 4.90 Å². The van der Waals surface area contributed by atoms with E-state index in [1.165, 1.54) is 37.7 Å². The monoisotopic (exact) mass is 288 g/mol. The molecule has 21 heavy (non-hydrogen) atoms. The van der Waals surface area contributed by atoms with Crippen LogP contribution in [0.3, 0.4) is 0 Å². The molecule has 1 saturated carbocycles. The van der Waals surface area contributed by atoms with Crippen molar-refractivity contribution in [2.45, 2.75) is 50.7 Å². The second-order valence-electron chi connectivity index (χ2n) is 6.30. The smallest absolute Gasteiger partial charge is 0.335 e. The molecule has 1 unspecified atom stereocenters. The van der Waals surface area contributed by atoms with Crippen molar-refractivity contribution in [1.82, 2.24) is 10.2 Å². The third-order valence-corrected chi connectivity index (χ3v) is 4.56. The maximum absolute atomic E-state index is 10.9.